The second-order valence-electron chi connectivity index (χ2n) is 5.76. The molecule has 4 aromatic rings. The number of aromatic nitrogens is 2. The molecule has 0 radical (unpaired) electrons. The number of oxazole rings is 1. The molecular formula is C20H15N3O2. The van der Waals surface area contributed by atoms with Crippen LogP contribution in [-0.4, -0.2) is 15.9 Å². The maximum atomic E-state index is 12.3. The van der Waals surface area contributed by atoms with Gasteiger partial charge in [0.1, 0.15) is 5.52 Å². The van der Waals surface area contributed by atoms with Crippen LogP contribution >= 0.6 is 0 Å². The van der Waals surface area contributed by atoms with Crippen LogP contribution in [0.5, 0.6) is 0 Å². The number of fused-ring (bicyclic) bond motifs is 1. The fourth-order valence-corrected chi connectivity index (χ4v) is 2.53. The van der Waals surface area contributed by atoms with Crippen molar-refractivity contribution in [1.82, 2.24) is 9.97 Å². The Morgan fingerprint density at radius 2 is 1.92 bits per heavy atom. The Kier molecular flexibility index (Phi) is 3.74. The third kappa shape index (κ3) is 3.12. The van der Waals surface area contributed by atoms with E-state index < -0.39 is 0 Å². The Balaban J connectivity index is 1.61. The molecule has 5 heteroatoms. The van der Waals surface area contributed by atoms with Crippen LogP contribution in [0.2, 0.25) is 0 Å². The molecule has 0 bridgehead atoms. The van der Waals surface area contributed by atoms with Gasteiger partial charge in [-0.3, -0.25) is 9.78 Å². The molecule has 0 saturated heterocycles. The molecule has 2 heterocycles. The van der Waals surface area contributed by atoms with Gasteiger partial charge in [-0.15, -0.1) is 0 Å². The molecule has 0 saturated carbocycles. The first-order valence-corrected chi connectivity index (χ1v) is 7.88. The van der Waals surface area contributed by atoms with Crippen molar-refractivity contribution in [3.63, 3.8) is 0 Å². The molecule has 0 unspecified atom stereocenters. The number of hydrogen-bond acceptors (Lipinski definition) is 4. The number of pyridine rings is 1. The molecule has 0 aliphatic carbocycles. The van der Waals surface area contributed by atoms with Crippen molar-refractivity contribution in [2.75, 3.05) is 5.32 Å². The number of nitrogens with one attached hydrogen (secondary N) is 1. The van der Waals surface area contributed by atoms with Gasteiger partial charge >= 0.3 is 0 Å². The van der Waals surface area contributed by atoms with Crippen LogP contribution in [0, 0.1) is 6.92 Å². The maximum absolute atomic E-state index is 12.3. The molecule has 1 amide bonds. The summed E-state index contributed by atoms with van der Waals surface area (Å²) in [6.45, 7) is 1.99. The highest BCUT2D eigenvalue weighted by atomic mass is 16.3. The van der Waals surface area contributed by atoms with Crippen LogP contribution in [0.1, 0.15) is 15.9 Å². The molecule has 0 fully saturated rings. The minimum Gasteiger partial charge on any atom is -0.436 e. The second-order valence-corrected chi connectivity index (χ2v) is 5.76. The standard InChI is InChI=1S/C20H15N3O2/c1-13-4-6-14(7-5-13)19(24)22-16-8-9-18-17(11-16)23-20(25-18)15-3-2-10-21-12-15/h2-12H,1H3,(H,22,24). The van der Waals surface area contributed by atoms with E-state index in [0.717, 1.165) is 11.1 Å². The van der Waals surface area contributed by atoms with Gasteiger partial charge < -0.3 is 9.73 Å². The van der Waals surface area contributed by atoms with Crippen LogP contribution in [0.15, 0.2) is 71.4 Å². The molecule has 0 spiro atoms. The van der Waals surface area contributed by atoms with Gasteiger partial charge in [0.05, 0.1) is 5.56 Å². The summed E-state index contributed by atoms with van der Waals surface area (Å²) in [4.78, 5) is 20.9. The first-order valence-electron chi connectivity index (χ1n) is 7.88. The zero-order valence-corrected chi connectivity index (χ0v) is 13.6. The van der Waals surface area contributed by atoms with Crippen molar-refractivity contribution in [1.29, 1.82) is 0 Å². The monoisotopic (exact) mass is 329 g/mol. The topological polar surface area (TPSA) is 68.0 Å². The first kappa shape index (κ1) is 15.1. The van der Waals surface area contributed by atoms with Crippen molar-refractivity contribution in [2.45, 2.75) is 6.92 Å². The number of aryl methyl sites for hydroxylation is 1. The van der Waals surface area contributed by atoms with Crippen LogP contribution < -0.4 is 5.32 Å². The Labute approximate surface area is 144 Å². The van der Waals surface area contributed by atoms with Gasteiger partial charge in [0.15, 0.2) is 5.58 Å². The highest BCUT2D eigenvalue weighted by molar-refractivity contribution is 6.04. The predicted octanol–water partition coefficient (Wildman–Crippen LogP) is 4.45. The predicted molar refractivity (Wildman–Crippen MR) is 96.4 cm³/mol. The maximum Gasteiger partial charge on any atom is 0.255 e. The second kappa shape index (κ2) is 6.20. The number of rotatable bonds is 3. The summed E-state index contributed by atoms with van der Waals surface area (Å²) in [7, 11) is 0. The number of hydrogen-bond donors (Lipinski definition) is 1. The Morgan fingerprint density at radius 1 is 1.08 bits per heavy atom. The van der Waals surface area contributed by atoms with E-state index in [1.807, 2.05) is 31.2 Å². The lowest BCUT2D eigenvalue weighted by atomic mass is 10.1. The van der Waals surface area contributed by atoms with Gasteiger partial charge in [0, 0.05) is 23.6 Å². The number of carbonyl (C=O) groups is 1. The van der Waals surface area contributed by atoms with Crippen LogP contribution in [0.4, 0.5) is 5.69 Å². The van der Waals surface area contributed by atoms with Gasteiger partial charge in [-0.25, -0.2) is 4.98 Å². The fourth-order valence-electron chi connectivity index (χ4n) is 2.53. The number of benzene rings is 2. The third-order valence-electron chi connectivity index (χ3n) is 3.87. The quantitative estimate of drug-likeness (QED) is 0.603. The summed E-state index contributed by atoms with van der Waals surface area (Å²) < 4.78 is 5.75. The summed E-state index contributed by atoms with van der Waals surface area (Å²) in [5, 5.41) is 2.89. The highest BCUT2D eigenvalue weighted by Crippen LogP contribution is 2.25. The molecule has 0 aliphatic rings. The average molecular weight is 329 g/mol. The molecule has 2 aromatic carbocycles. The summed E-state index contributed by atoms with van der Waals surface area (Å²) in [6.07, 6.45) is 3.40. The van der Waals surface area contributed by atoms with E-state index in [2.05, 4.69) is 15.3 Å². The molecule has 122 valence electrons. The molecule has 5 nitrogen and oxygen atoms in total. The SMILES string of the molecule is Cc1ccc(C(=O)Nc2ccc3oc(-c4cccnc4)nc3c2)cc1. The average Bonchev–Trinajstić information content (AvgIpc) is 3.06. The lowest BCUT2D eigenvalue weighted by Gasteiger charge is -2.05. The normalized spacial score (nSPS) is 10.8. The molecule has 25 heavy (non-hydrogen) atoms. The van der Waals surface area contributed by atoms with Crippen LogP contribution in [0.25, 0.3) is 22.6 Å². The molecule has 2 aromatic heterocycles. The minimum atomic E-state index is -0.157. The molecule has 0 aliphatic heterocycles. The minimum absolute atomic E-state index is 0.157. The van der Waals surface area contributed by atoms with Crippen molar-refractivity contribution < 1.29 is 9.21 Å². The summed E-state index contributed by atoms with van der Waals surface area (Å²) in [5.74, 6) is 0.348. The number of nitrogens with zero attached hydrogens (tertiary/aromatic N) is 2. The smallest absolute Gasteiger partial charge is 0.255 e. The van der Waals surface area contributed by atoms with Gasteiger partial charge in [-0.1, -0.05) is 17.7 Å². The van der Waals surface area contributed by atoms with Crippen molar-refractivity contribution in [3.05, 3.63) is 78.1 Å². The van der Waals surface area contributed by atoms with E-state index in [-0.39, 0.29) is 5.91 Å². The van der Waals surface area contributed by atoms with Gasteiger partial charge in [-0.05, 0) is 49.4 Å². The van der Waals surface area contributed by atoms with E-state index in [1.165, 1.54) is 0 Å². The van der Waals surface area contributed by atoms with E-state index in [4.69, 9.17) is 4.42 Å². The molecule has 1 N–H and O–H groups in total. The lowest BCUT2D eigenvalue weighted by molar-refractivity contribution is 0.102. The van der Waals surface area contributed by atoms with E-state index in [0.29, 0.717) is 28.2 Å². The summed E-state index contributed by atoms with van der Waals surface area (Å²) in [6, 6.07) is 16.5. The van der Waals surface area contributed by atoms with Gasteiger partial charge in [0.25, 0.3) is 5.91 Å². The van der Waals surface area contributed by atoms with Crippen LogP contribution in [0.3, 0.4) is 0 Å². The Bertz CT molecular complexity index is 1040. The largest absolute Gasteiger partial charge is 0.436 e. The summed E-state index contributed by atoms with van der Waals surface area (Å²) >= 11 is 0. The fraction of sp³-hybridized carbons (Fsp3) is 0.0500. The Morgan fingerprint density at radius 3 is 2.68 bits per heavy atom. The van der Waals surface area contributed by atoms with Gasteiger partial charge in [0.2, 0.25) is 5.89 Å². The Hall–Kier alpha value is -3.47. The van der Waals surface area contributed by atoms with E-state index >= 15 is 0 Å². The van der Waals surface area contributed by atoms with Crippen molar-refractivity contribution in [2.24, 2.45) is 0 Å². The lowest BCUT2D eigenvalue weighted by Crippen LogP contribution is -2.11. The zero-order chi connectivity index (χ0) is 17.2. The van der Waals surface area contributed by atoms with Crippen molar-refractivity contribution >= 4 is 22.7 Å². The zero-order valence-electron chi connectivity index (χ0n) is 13.6. The number of anilines is 1. The number of amides is 1. The van der Waals surface area contributed by atoms with E-state index in [1.54, 1.807) is 42.7 Å². The number of carbonyl (C=O) groups excluding carboxylic acids is 1. The molecule has 0 atom stereocenters. The molecule has 4 rings (SSSR count). The van der Waals surface area contributed by atoms with E-state index in [9.17, 15) is 4.79 Å². The molecular weight excluding hydrogens is 314 g/mol. The third-order valence-corrected chi connectivity index (χ3v) is 3.87. The summed E-state index contributed by atoms with van der Waals surface area (Å²) in [5.41, 5.74) is 4.55. The first-order chi connectivity index (χ1) is 12.2. The highest BCUT2D eigenvalue weighted by Gasteiger charge is 2.11. The van der Waals surface area contributed by atoms with Crippen LogP contribution in [-0.2, 0) is 0 Å². The van der Waals surface area contributed by atoms with Gasteiger partial charge in [-0.2, -0.15) is 0 Å². The van der Waals surface area contributed by atoms with Crippen molar-refractivity contribution in [3.8, 4) is 11.5 Å².